The SMILES string of the molecule is C=CCNS(=O)(=O)Cc1ccc(NC(=O)Cc2ccc(Br)cc2)cc1. The number of carbonyl (C=O) groups is 1. The van der Waals surface area contributed by atoms with Crippen molar-refractivity contribution in [2.24, 2.45) is 0 Å². The van der Waals surface area contributed by atoms with Crippen LogP contribution < -0.4 is 10.0 Å². The van der Waals surface area contributed by atoms with Gasteiger partial charge in [0.25, 0.3) is 0 Å². The summed E-state index contributed by atoms with van der Waals surface area (Å²) in [7, 11) is -3.39. The highest BCUT2D eigenvalue weighted by Crippen LogP contribution is 2.14. The summed E-state index contributed by atoms with van der Waals surface area (Å²) in [5.41, 5.74) is 2.18. The summed E-state index contributed by atoms with van der Waals surface area (Å²) in [6.45, 7) is 3.68. The number of sulfonamides is 1. The van der Waals surface area contributed by atoms with Crippen LogP contribution >= 0.6 is 15.9 Å². The molecule has 0 aliphatic rings. The normalized spacial score (nSPS) is 11.1. The maximum Gasteiger partial charge on any atom is 0.228 e. The summed E-state index contributed by atoms with van der Waals surface area (Å²) < 4.78 is 27.0. The van der Waals surface area contributed by atoms with Gasteiger partial charge in [-0.05, 0) is 35.4 Å². The molecule has 0 aromatic heterocycles. The van der Waals surface area contributed by atoms with Gasteiger partial charge in [0.1, 0.15) is 0 Å². The average molecular weight is 423 g/mol. The molecule has 0 aliphatic heterocycles. The quantitative estimate of drug-likeness (QED) is 0.641. The Morgan fingerprint density at radius 3 is 2.24 bits per heavy atom. The van der Waals surface area contributed by atoms with Crippen LogP contribution in [0.3, 0.4) is 0 Å². The first-order valence-electron chi connectivity index (χ1n) is 7.59. The minimum atomic E-state index is -3.39. The molecule has 0 saturated heterocycles. The fourth-order valence-corrected chi connectivity index (χ4v) is 3.50. The Bertz CT molecular complexity index is 832. The van der Waals surface area contributed by atoms with Gasteiger partial charge in [-0.15, -0.1) is 6.58 Å². The smallest absolute Gasteiger partial charge is 0.228 e. The van der Waals surface area contributed by atoms with Crippen molar-refractivity contribution in [3.63, 3.8) is 0 Å². The molecule has 0 radical (unpaired) electrons. The molecule has 0 bridgehead atoms. The van der Waals surface area contributed by atoms with E-state index < -0.39 is 10.0 Å². The molecular formula is C18H19BrN2O3S. The molecule has 25 heavy (non-hydrogen) atoms. The van der Waals surface area contributed by atoms with E-state index in [2.05, 4.69) is 32.5 Å². The number of amides is 1. The first-order valence-corrected chi connectivity index (χ1v) is 10.0. The molecule has 0 heterocycles. The van der Waals surface area contributed by atoms with Gasteiger partial charge in [0, 0.05) is 16.7 Å². The summed E-state index contributed by atoms with van der Waals surface area (Å²) >= 11 is 3.35. The molecule has 0 saturated carbocycles. The molecule has 0 unspecified atom stereocenters. The molecule has 2 aromatic carbocycles. The molecule has 2 aromatic rings. The third-order valence-electron chi connectivity index (χ3n) is 3.32. The minimum absolute atomic E-state index is 0.117. The first-order chi connectivity index (χ1) is 11.9. The first kappa shape index (κ1) is 19.4. The lowest BCUT2D eigenvalue weighted by Gasteiger charge is -2.08. The summed E-state index contributed by atoms with van der Waals surface area (Å²) in [5, 5.41) is 2.80. The molecule has 0 atom stereocenters. The maximum atomic E-state index is 12.1. The lowest BCUT2D eigenvalue weighted by molar-refractivity contribution is -0.115. The van der Waals surface area contributed by atoms with Crippen molar-refractivity contribution in [1.82, 2.24) is 4.72 Å². The van der Waals surface area contributed by atoms with Crippen molar-refractivity contribution in [3.05, 3.63) is 76.8 Å². The molecule has 0 aliphatic carbocycles. The Kier molecular flexibility index (Phi) is 6.92. The summed E-state index contributed by atoms with van der Waals surface area (Å²) in [6.07, 6.45) is 1.76. The molecule has 2 rings (SSSR count). The summed E-state index contributed by atoms with van der Waals surface area (Å²) in [6, 6.07) is 14.3. The Morgan fingerprint density at radius 2 is 1.64 bits per heavy atom. The van der Waals surface area contributed by atoms with Crippen molar-refractivity contribution in [1.29, 1.82) is 0 Å². The summed E-state index contributed by atoms with van der Waals surface area (Å²) in [4.78, 5) is 12.1. The molecular weight excluding hydrogens is 404 g/mol. The third kappa shape index (κ3) is 6.81. The lowest BCUT2D eigenvalue weighted by atomic mass is 10.1. The van der Waals surface area contributed by atoms with Gasteiger partial charge >= 0.3 is 0 Å². The standard InChI is InChI=1S/C18H19BrN2O3S/c1-2-11-20-25(23,24)13-15-5-9-17(10-6-15)21-18(22)12-14-3-7-16(19)8-4-14/h2-10,20H,1,11-13H2,(H,21,22). The van der Waals surface area contributed by atoms with Crippen molar-refractivity contribution < 1.29 is 13.2 Å². The van der Waals surface area contributed by atoms with E-state index in [1.54, 1.807) is 24.3 Å². The minimum Gasteiger partial charge on any atom is -0.326 e. The Balaban J connectivity index is 1.92. The van der Waals surface area contributed by atoms with Crippen molar-refractivity contribution >= 4 is 37.5 Å². The van der Waals surface area contributed by atoms with E-state index >= 15 is 0 Å². The van der Waals surface area contributed by atoms with Crippen LogP contribution in [0, 0.1) is 0 Å². The van der Waals surface area contributed by atoms with Crippen molar-refractivity contribution in [2.45, 2.75) is 12.2 Å². The fraction of sp³-hybridized carbons (Fsp3) is 0.167. The monoisotopic (exact) mass is 422 g/mol. The zero-order valence-corrected chi connectivity index (χ0v) is 15.9. The molecule has 2 N–H and O–H groups in total. The number of halogens is 1. The van der Waals surface area contributed by atoms with Crippen LogP contribution in [0.25, 0.3) is 0 Å². The van der Waals surface area contributed by atoms with Gasteiger partial charge in [0.2, 0.25) is 15.9 Å². The van der Waals surface area contributed by atoms with E-state index in [4.69, 9.17) is 0 Å². The van der Waals surface area contributed by atoms with Crippen LogP contribution in [0.5, 0.6) is 0 Å². The van der Waals surface area contributed by atoms with Gasteiger partial charge in [0.05, 0.1) is 12.2 Å². The van der Waals surface area contributed by atoms with E-state index in [0.29, 0.717) is 11.3 Å². The zero-order valence-electron chi connectivity index (χ0n) is 13.5. The number of hydrogen-bond acceptors (Lipinski definition) is 3. The number of rotatable bonds is 8. The molecule has 0 spiro atoms. The number of nitrogens with one attached hydrogen (secondary N) is 2. The van der Waals surface area contributed by atoms with Crippen LogP contribution in [0.15, 0.2) is 65.7 Å². The summed E-state index contributed by atoms with van der Waals surface area (Å²) in [5.74, 6) is -0.246. The lowest BCUT2D eigenvalue weighted by Crippen LogP contribution is -2.25. The number of anilines is 1. The number of hydrogen-bond donors (Lipinski definition) is 2. The number of carbonyl (C=O) groups excluding carboxylic acids is 1. The van der Waals surface area contributed by atoms with Crippen LogP contribution in [0.2, 0.25) is 0 Å². The highest BCUT2D eigenvalue weighted by Gasteiger charge is 2.10. The van der Waals surface area contributed by atoms with E-state index in [1.807, 2.05) is 24.3 Å². The largest absolute Gasteiger partial charge is 0.326 e. The van der Waals surface area contributed by atoms with Gasteiger partial charge in [-0.1, -0.05) is 46.3 Å². The van der Waals surface area contributed by atoms with Crippen LogP contribution in [-0.4, -0.2) is 20.9 Å². The fourth-order valence-electron chi connectivity index (χ4n) is 2.13. The van der Waals surface area contributed by atoms with E-state index in [0.717, 1.165) is 10.0 Å². The molecule has 7 heteroatoms. The van der Waals surface area contributed by atoms with E-state index in [1.165, 1.54) is 6.08 Å². The van der Waals surface area contributed by atoms with Crippen molar-refractivity contribution in [2.75, 3.05) is 11.9 Å². The maximum absolute atomic E-state index is 12.1. The van der Waals surface area contributed by atoms with Crippen LogP contribution in [-0.2, 0) is 27.0 Å². The van der Waals surface area contributed by atoms with Gasteiger partial charge in [0.15, 0.2) is 0 Å². The van der Waals surface area contributed by atoms with Gasteiger partial charge in [-0.3, -0.25) is 4.79 Å². The Morgan fingerprint density at radius 1 is 1.04 bits per heavy atom. The zero-order chi connectivity index (χ0) is 18.3. The highest BCUT2D eigenvalue weighted by atomic mass is 79.9. The Hall–Kier alpha value is -1.96. The second-order valence-corrected chi connectivity index (χ2v) is 8.17. The van der Waals surface area contributed by atoms with E-state index in [9.17, 15) is 13.2 Å². The van der Waals surface area contributed by atoms with Gasteiger partial charge < -0.3 is 5.32 Å². The van der Waals surface area contributed by atoms with Gasteiger partial charge in [-0.2, -0.15) is 0 Å². The average Bonchev–Trinajstić information content (AvgIpc) is 2.57. The topological polar surface area (TPSA) is 75.3 Å². The molecule has 0 fully saturated rings. The predicted molar refractivity (Wildman–Crippen MR) is 104 cm³/mol. The van der Waals surface area contributed by atoms with Crippen LogP contribution in [0.1, 0.15) is 11.1 Å². The number of benzene rings is 2. The molecule has 132 valence electrons. The van der Waals surface area contributed by atoms with E-state index in [-0.39, 0.29) is 24.6 Å². The predicted octanol–water partition coefficient (Wildman–Crippen LogP) is 3.24. The van der Waals surface area contributed by atoms with Crippen LogP contribution in [0.4, 0.5) is 5.69 Å². The second-order valence-electron chi connectivity index (χ2n) is 5.44. The van der Waals surface area contributed by atoms with Crippen molar-refractivity contribution in [3.8, 4) is 0 Å². The second kappa shape index (κ2) is 8.94. The molecule has 1 amide bonds. The highest BCUT2D eigenvalue weighted by molar-refractivity contribution is 9.10. The Labute approximate surface area is 156 Å². The third-order valence-corrected chi connectivity index (χ3v) is 5.17. The van der Waals surface area contributed by atoms with Gasteiger partial charge in [-0.25, -0.2) is 13.1 Å². The molecule has 5 nitrogen and oxygen atoms in total.